The Bertz CT molecular complexity index is 1260. The number of piperazine rings is 1. The number of carbonyl (C=O) groups excluding carboxylic acids is 3. The van der Waals surface area contributed by atoms with Crippen LogP contribution < -0.4 is 5.32 Å². The van der Waals surface area contributed by atoms with Crippen molar-refractivity contribution in [3.8, 4) is 0 Å². The Kier molecular flexibility index (Phi) is 6.55. The SMILES string of the molecule is Cc1ccc(S(=O)(=O)[C@H](NC(=O)c2ccco2)C(=O)N2CCN(C(=O)c3ccco3)CC2)cc1. The Labute approximate surface area is 196 Å². The standard InChI is InChI=1S/C23H23N3O7S/c1-16-6-8-17(9-7-16)34(30,31)21(24-20(27)18-4-2-14-32-18)23(29)26-12-10-25(11-13-26)22(28)19-5-3-15-33-19/h2-9,14-15,21H,10-13H2,1H3,(H,24,27)/t21-/m0/s1. The number of hydrogen-bond donors (Lipinski definition) is 1. The summed E-state index contributed by atoms with van der Waals surface area (Å²) in [5.41, 5.74) is 0.846. The molecular weight excluding hydrogens is 462 g/mol. The first-order chi connectivity index (χ1) is 16.3. The predicted octanol–water partition coefficient (Wildman–Crippen LogP) is 1.70. The molecule has 34 heavy (non-hydrogen) atoms. The Morgan fingerprint density at radius 1 is 0.853 bits per heavy atom. The smallest absolute Gasteiger partial charge is 0.289 e. The number of furan rings is 2. The van der Waals surface area contributed by atoms with Crippen LogP contribution in [0.25, 0.3) is 0 Å². The second kappa shape index (κ2) is 9.56. The van der Waals surface area contributed by atoms with Crippen LogP contribution in [0.2, 0.25) is 0 Å². The van der Waals surface area contributed by atoms with Crippen LogP contribution >= 0.6 is 0 Å². The molecule has 4 rings (SSSR count). The van der Waals surface area contributed by atoms with E-state index in [9.17, 15) is 22.8 Å². The van der Waals surface area contributed by atoms with E-state index in [1.165, 1.54) is 46.6 Å². The van der Waals surface area contributed by atoms with Crippen molar-refractivity contribution >= 4 is 27.6 Å². The van der Waals surface area contributed by atoms with E-state index in [2.05, 4.69) is 5.32 Å². The lowest BCUT2D eigenvalue weighted by molar-refractivity contribution is -0.132. The van der Waals surface area contributed by atoms with Gasteiger partial charge in [0, 0.05) is 26.2 Å². The molecule has 0 unspecified atom stereocenters. The maximum Gasteiger partial charge on any atom is 0.289 e. The van der Waals surface area contributed by atoms with Crippen LogP contribution in [-0.2, 0) is 14.6 Å². The number of nitrogens with one attached hydrogen (secondary N) is 1. The number of amides is 3. The number of carbonyl (C=O) groups is 3. The average molecular weight is 486 g/mol. The number of sulfone groups is 1. The molecule has 178 valence electrons. The summed E-state index contributed by atoms with van der Waals surface area (Å²) < 4.78 is 37.0. The minimum Gasteiger partial charge on any atom is -0.459 e. The zero-order valence-electron chi connectivity index (χ0n) is 18.3. The van der Waals surface area contributed by atoms with E-state index in [4.69, 9.17) is 8.83 Å². The van der Waals surface area contributed by atoms with Crippen molar-refractivity contribution in [2.75, 3.05) is 26.2 Å². The van der Waals surface area contributed by atoms with Crippen molar-refractivity contribution in [2.45, 2.75) is 17.2 Å². The highest BCUT2D eigenvalue weighted by Gasteiger charge is 2.40. The van der Waals surface area contributed by atoms with Gasteiger partial charge in [0.25, 0.3) is 17.7 Å². The third-order valence-electron chi connectivity index (χ3n) is 5.50. The molecule has 1 aromatic carbocycles. The van der Waals surface area contributed by atoms with Gasteiger partial charge in [0.15, 0.2) is 11.5 Å². The second-order valence-electron chi connectivity index (χ2n) is 7.78. The molecule has 0 radical (unpaired) electrons. The maximum absolute atomic E-state index is 13.4. The summed E-state index contributed by atoms with van der Waals surface area (Å²) in [4.78, 5) is 41.2. The molecular formula is C23H23N3O7S. The highest BCUT2D eigenvalue weighted by molar-refractivity contribution is 7.92. The Morgan fingerprint density at radius 3 is 1.97 bits per heavy atom. The van der Waals surface area contributed by atoms with Crippen LogP contribution in [0.4, 0.5) is 0 Å². The quantitative estimate of drug-likeness (QED) is 0.562. The summed E-state index contributed by atoms with van der Waals surface area (Å²) in [6, 6.07) is 12.0. The van der Waals surface area contributed by atoms with E-state index in [1.54, 1.807) is 31.2 Å². The molecule has 0 spiro atoms. The molecule has 1 N–H and O–H groups in total. The first-order valence-corrected chi connectivity index (χ1v) is 12.1. The summed E-state index contributed by atoms with van der Waals surface area (Å²) in [7, 11) is -4.28. The largest absolute Gasteiger partial charge is 0.459 e. The maximum atomic E-state index is 13.4. The molecule has 3 aromatic rings. The van der Waals surface area contributed by atoms with E-state index in [0.717, 1.165) is 5.56 Å². The number of hydrogen-bond acceptors (Lipinski definition) is 7. The van der Waals surface area contributed by atoms with Crippen LogP contribution in [0, 0.1) is 6.92 Å². The summed E-state index contributed by atoms with van der Waals surface area (Å²) in [5.74, 6) is -1.86. The predicted molar refractivity (Wildman–Crippen MR) is 120 cm³/mol. The van der Waals surface area contributed by atoms with Gasteiger partial charge >= 0.3 is 0 Å². The third-order valence-corrected chi connectivity index (χ3v) is 7.37. The molecule has 1 aliphatic rings. The van der Waals surface area contributed by atoms with Gasteiger partial charge in [0.2, 0.25) is 15.2 Å². The van der Waals surface area contributed by atoms with Crippen LogP contribution in [0.5, 0.6) is 0 Å². The van der Waals surface area contributed by atoms with Crippen molar-refractivity contribution < 1.29 is 31.6 Å². The summed E-state index contributed by atoms with van der Waals surface area (Å²) >= 11 is 0. The zero-order valence-corrected chi connectivity index (χ0v) is 19.2. The van der Waals surface area contributed by atoms with Gasteiger partial charge in [-0.1, -0.05) is 17.7 Å². The first kappa shape index (κ1) is 23.3. The van der Waals surface area contributed by atoms with Gasteiger partial charge in [-0.2, -0.15) is 0 Å². The summed E-state index contributed by atoms with van der Waals surface area (Å²) in [5, 5.41) is 0.458. The zero-order chi connectivity index (χ0) is 24.3. The van der Waals surface area contributed by atoms with E-state index < -0.39 is 27.0 Å². The molecule has 2 aromatic heterocycles. The highest BCUT2D eigenvalue weighted by Crippen LogP contribution is 2.19. The van der Waals surface area contributed by atoms with Gasteiger partial charge in [0.1, 0.15) is 0 Å². The lowest BCUT2D eigenvalue weighted by Crippen LogP contribution is -2.57. The van der Waals surface area contributed by atoms with Gasteiger partial charge < -0.3 is 24.0 Å². The average Bonchev–Trinajstić information content (AvgIpc) is 3.57. The Balaban J connectivity index is 1.55. The number of rotatable bonds is 6. The van der Waals surface area contributed by atoms with Crippen molar-refractivity contribution in [3.63, 3.8) is 0 Å². The van der Waals surface area contributed by atoms with Crippen molar-refractivity contribution in [1.82, 2.24) is 15.1 Å². The molecule has 3 amide bonds. The van der Waals surface area contributed by atoms with Crippen molar-refractivity contribution in [2.24, 2.45) is 0 Å². The molecule has 0 saturated carbocycles. The molecule has 3 heterocycles. The summed E-state index contributed by atoms with van der Waals surface area (Å²) in [6.45, 7) is 2.38. The van der Waals surface area contributed by atoms with Crippen molar-refractivity contribution in [3.05, 3.63) is 78.1 Å². The van der Waals surface area contributed by atoms with Gasteiger partial charge in [-0.15, -0.1) is 0 Å². The monoisotopic (exact) mass is 485 g/mol. The fraction of sp³-hybridized carbons (Fsp3) is 0.261. The molecule has 10 nitrogen and oxygen atoms in total. The fourth-order valence-electron chi connectivity index (χ4n) is 3.59. The van der Waals surface area contributed by atoms with Crippen molar-refractivity contribution in [1.29, 1.82) is 0 Å². The van der Waals surface area contributed by atoms with Crippen LogP contribution in [0.3, 0.4) is 0 Å². The minimum absolute atomic E-state index is 0.0946. The molecule has 0 aliphatic carbocycles. The molecule has 1 fully saturated rings. The molecule has 1 aliphatic heterocycles. The highest BCUT2D eigenvalue weighted by atomic mass is 32.2. The number of aryl methyl sites for hydroxylation is 1. The van der Waals surface area contributed by atoms with Gasteiger partial charge in [-0.05, 0) is 43.3 Å². The lowest BCUT2D eigenvalue weighted by Gasteiger charge is -2.36. The Morgan fingerprint density at radius 2 is 1.41 bits per heavy atom. The first-order valence-electron chi connectivity index (χ1n) is 10.5. The third kappa shape index (κ3) is 4.74. The second-order valence-corrected chi connectivity index (χ2v) is 9.82. The molecule has 1 saturated heterocycles. The van der Waals surface area contributed by atoms with E-state index >= 15 is 0 Å². The Hall–Kier alpha value is -3.86. The van der Waals surface area contributed by atoms with Gasteiger partial charge in [-0.25, -0.2) is 8.42 Å². The van der Waals surface area contributed by atoms with Crippen LogP contribution in [0.15, 0.2) is 74.8 Å². The molecule has 11 heteroatoms. The minimum atomic E-state index is -4.28. The van der Waals surface area contributed by atoms with Crippen LogP contribution in [0.1, 0.15) is 26.7 Å². The van der Waals surface area contributed by atoms with E-state index in [1.807, 2.05) is 0 Å². The van der Waals surface area contributed by atoms with Gasteiger partial charge in [-0.3, -0.25) is 14.4 Å². The molecule has 1 atom stereocenters. The van der Waals surface area contributed by atoms with Crippen LogP contribution in [-0.4, -0.2) is 67.5 Å². The van der Waals surface area contributed by atoms with E-state index in [-0.39, 0.29) is 48.5 Å². The summed E-state index contributed by atoms with van der Waals surface area (Å²) in [6.07, 6.45) is 2.67. The normalized spacial score (nSPS) is 15.1. The van der Waals surface area contributed by atoms with Gasteiger partial charge in [0.05, 0.1) is 17.4 Å². The lowest BCUT2D eigenvalue weighted by atomic mass is 10.2. The topological polar surface area (TPSA) is 130 Å². The number of benzene rings is 1. The number of nitrogens with zero attached hydrogens (tertiary/aromatic N) is 2. The van der Waals surface area contributed by atoms with E-state index in [0.29, 0.717) is 0 Å². The molecule has 0 bridgehead atoms. The fourth-order valence-corrected chi connectivity index (χ4v) is 5.05.